The lowest BCUT2D eigenvalue weighted by Gasteiger charge is -2.21. The molecule has 0 aliphatic carbocycles. The zero-order valence-corrected chi connectivity index (χ0v) is 12.0. The summed E-state index contributed by atoms with van der Waals surface area (Å²) in [5.74, 6) is 2.21. The summed E-state index contributed by atoms with van der Waals surface area (Å²) in [5, 5.41) is 4.20. The number of hydrogen-bond donors (Lipinski definition) is 0. The first kappa shape index (κ1) is 13.5. The first-order valence-electron chi connectivity index (χ1n) is 6.65. The Balaban J connectivity index is 2.19. The number of anilines is 1. The Labute approximate surface area is 114 Å². The molecule has 2 rings (SSSR count). The predicted molar refractivity (Wildman–Crippen MR) is 76.1 cm³/mol. The molecule has 0 atom stereocenters. The lowest BCUT2D eigenvalue weighted by molar-refractivity contribution is 0.745. The molecule has 0 fully saturated rings. The van der Waals surface area contributed by atoms with Gasteiger partial charge in [0.25, 0.3) is 0 Å². The Hall–Kier alpha value is -1.91. The van der Waals surface area contributed by atoms with E-state index in [0.717, 1.165) is 24.7 Å². The van der Waals surface area contributed by atoms with Crippen LogP contribution in [-0.2, 0) is 13.6 Å². The summed E-state index contributed by atoms with van der Waals surface area (Å²) in [7, 11) is 1.93. The second-order valence-corrected chi connectivity index (χ2v) is 4.96. The van der Waals surface area contributed by atoms with E-state index in [-0.39, 0.29) is 0 Å². The Morgan fingerprint density at radius 2 is 2.16 bits per heavy atom. The molecule has 0 unspecified atom stereocenters. The molecule has 0 radical (unpaired) electrons. The van der Waals surface area contributed by atoms with Crippen molar-refractivity contribution in [1.82, 2.24) is 19.7 Å². The molecular weight excluding hydrogens is 238 g/mol. The highest BCUT2D eigenvalue weighted by molar-refractivity contribution is 5.38. The topological polar surface area (TPSA) is 46.8 Å². The van der Waals surface area contributed by atoms with E-state index in [1.165, 1.54) is 5.56 Å². The van der Waals surface area contributed by atoms with Crippen molar-refractivity contribution >= 4 is 5.82 Å². The van der Waals surface area contributed by atoms with Crippen molar-refractivity contribution in [3.63, 3.8) is 0 Å². The standard InChI is InChI=1S/C14H21N5/c1-5-19(10-12-8-16-18(4)9-12)13-6-7-15-14(17-13)11(2)3/h6-9,11H,5,10H2,1-4H3. The average molecular weight is 259 g/mol. The average Bonchev–Trinajstić information content (AvgIpc) is 2.81. The van der Waals surface area contributed by atoms with Gasteiger partial charge >= 0.3 is 0 Å². The number of aryl methyl sites for hydroxylation is 1. The van der Waals surface area contributed by atoms with Gasteiger partial charge in [-0.25, -0.2) is 9.97 Å². The van der Waals surface area contributed by atoms with Crippen molar-refractivity contribution in [2.24, 2.45) is 7.05 Å². The van der Waals surface area contributed by atoms with Gasteiger partial charge in [0.1, 0.15) is 11.6 Å². The SMILES string of the molecule is CCN(Cc1cnn(C)c1)c1ccnc(C(C)C)n1. The van der Waals surface area contributed by atoms with Crippen LogP contribution in [0.15, 0.2) is 24.7 Å². The molecule has 0 spiro atoms. The van der Waals surface area contributed by atoms with Gasteiger partial charge < -0.3 is 4.90 Å². The molecular formula is C14H21N5. The van der Waals surface area contributed by atoms with Crippen LogP contribution in [0.1, 0.15) is 38.1 Å². The van der Waals surface area contributed by atoms with E-state index < -0.39 is 0 Å². The van der Waals surface area contributed by atoms with Gasteiger partial charge in [0.2, 0.25) is 0 Å². The minimum Gasteiger partial charge on any atom is -0.352 e. The molecule has 19 heavy (non-hydrogen) atoms. The van der Waals surface area contributed by atoms with E-state index in [2.05, 4.69) is 40.7 Å². The number of hydrogen-bond acceptors (Lipinski definition) is 4. The summed E-state index contributed by atoms with van der Waals surface area (Å²) in [6.45, 7) is 8.07. The maximum Gasteiger partial charge on any atom is 0.133 e. The molecule has 0 aliphatic heterocycles. The summed E-state index contributed by atoms with van der Waals surface area (Å²) in [6, 6.07) is 1.96. The molecule has 0 amide bonds. The lowest BCUT2D eigenvalue weighted by Crippen LogP contribution is -2.23. The van der Waals surface area contributed by atoms with Crippen molar-refractivity contribution in [2.45, 2.75) is 33.2 Å². The monoisotopic (exact) mass is 259 g/mol. The smallest absolute Gasteiger partial charge is 0.133 e. The molecule has 0 N–H and O–H groups in total. The maximum absolute atomic E-state index is 4.63. The highest BCUT2D eigenvalue weighted by atomic mass is 15.3. The number of rotatable bonds is 5. The molecule has 2 aromatic heterocycles. The first-order valence-corrected chi connectivity index (χ1v) is 6.65. The molecule has 0 aliphatic rings. The van der Waals surface area contributed by atoms with Crippen molar-refractivity contribution in [3.8, 4) is 0 Å². The predicted octanol–water partition coefficient (Wildman–Crippen LogP) is 2.36. The molecule has 5 heteroatoms. The van der Waals surface area contributed by atoms with Gasteiger partial charge in [0.15, 0.2) is 0 Å². The quantitative estimate of drug-likeness (QED) is 0.827. The summed E-state index contributed by atoms with van der Waals surface area (Å²) in [6.07, 6.45) is 5.77. The highest BCUT2D eigenvalue weighted by Crippen LogP contribution is 2.16. The molecule has 0 saturated carbocycles. The first-order chi connectivity index (χ1) is 9.10. The van der Waals surface area contributed by atoms with Gasteiger partial charge in [-0.3, -0.25) is 4.68 Å². The van der Waals surface area contributed by atoms with Crippen LogP contribution >= 0.6 is 0 Å². The van der Waals surface area contributed by atoms with Crippen LogP contribution in [0, 0.1) is 0 Å². The van der Waals surface area contributed by atoms with Crippen molar-refractivity contribution in [3.05, 3.63) is 36.0 Å². The molecule has 2 aromatic rings. The van der Waals surface area contributed by atoms with E-state index in [1.54, 1.807) is 0 Å². The molecule has 0 aromatic carbocycles. The summed E-state index contributed by atoms with van der Waals surface area (Å²) in [5.41, 5.74) is 1.19. The van der Waals surface area contributed by atoms with Crippen LogP contribution in [0.5, 0.6) is 0 Å². The highest BCUT2D eigenvalue weighted by Gasteiger charge is 2.10. The van der Waals surface area contributed by atoms with Crippen LogP contribution in [-0.4, -0.2) is 26.3 Å². The van der Waals surface area contributed by atoms with Gasteiger partial charge in [-0.05, 0) is 13.0 Å². The van der Waals surface area contributed by atoms with Crippen molar-refractivity contribution in [1.29, 1.82) is 0 Å². The largest absolute Gasteiger partial charge is 0.352 e. The van der Waals surface area contributed by atoms with Gasteiger partial charge in [0.05, 0.1) is 6.20 Å². The van der Waals surface area contributed by atoms with Gasteiger partial charge in [0, 0.05) is 44.0 Å². The Kier molecular flexibility index (Phi) is 4.14. The fourth-order valence-corrected chi connectivity index (χ4v) is 1.95. The Morgan fingerprint density at radius 3 is 2.74 bits per heavy atom. The van der Waals surface area contributed by atoms with Gasteiger partial charge in [-0.2, -0.15) is 5.10 Å². The van der Waals surface area contributed by atoms with Crippen LogP contribution in [0.2, 0.25) is 0 Å². The van der Waals surface area contributed by atoms with Crippen molar-refractivity contribution in [2.75, 3.05) is 11.4 Å². The van der Waals surface area contributed by atoms with Gasteiger partial charge in [-0.15, -0.1) is 0 Å². The summed E-state index contributed by atoms with van der Waals surface area (Å²) in [4.78, 5) is 11.2. The second kappa shape index (κ2) is 5.82. The zero-order valence-electron chi connectivity index (χ0n) is 12.0. The minimum atomic E-state index is 0.344. The maximum atomic E-state index is 4.63. The summed E-state index contributed by atoms with van der Waals surface area (Å²) < 4.78 is 1.82. The Morgan fingerprint density at radius 1 is 1.37 bits per heavy atom. The van der Waals surface area contributed by atoms with E-state index in [0.29, 0.717) is 5.92 Å². The number of nitrogens with zero attached hydrogens (tertiary/aromatic N) is 5. The normalized spacial score (nSPS) is 11.0. The van der Waals surface area contributed by atoms with Gasteiger partial charge in [-0.1, -0.05) is 13.8 Å². The number of aromatic nitrogens is 4. The molecule has 102 valence electrons. The third kappa shape index (κ3) is 3.30. The van der Waals surface area contributed by atoms with Crippen molar-refractivity contribution < 1.29 is 0 Å². The lowest BCUT2D eigenvalue weighted by atomic mass is 10.2. The van der Waals surface area contributed by atoms with Crippen LogP contribution in [0.4, 0.5) is 5.82 Å². The molecule has 0 bridgehead atoms. The third-order valence-corrected chi connectivity index (χ3v) is 3.01. The molecule has 2 heterocycles. The van der Waals surface area contributed by atoms with Crippen LogP contribution in [0.3, 0.4) is 0 Å². The third-order valence-electron chi connectivity index (χ3n) is 3.01. The van der Waals surface area contributed by atoms with E-state index in [9.17, 15) is 0 Å². The summed E-state index contributed by atoms with van der Waals surface area (Å²) >= 11 is 0. The zero-order chi connectivity index (χ0) is 13.8. The fourth-order valence-electron chi connectivity index (χ4n) is 1.95. The van der Waals surface area contributed by atoms with E-state index in [4.69, 9.17) is 0 Å². The van der Waals surface area contributed by atoms with E-state index in [1.807, 2.05) is 36.4 Å². The van der Waals surface area contributed by atoms with E-state index >= 15 is 0 Å². The van der Waals surface area contributed by atoms with Crippen LogP contribution < -0.4 is 4.90 Å². The molecule has 5 nitrogen and oxygen atoms in total. The molecule has 0 saturated heterocycles. The second-order valence-electron chi connectivity index (χ2n) is 4.96. The van der Waals surface area contributed by atoms with Crippen LogP contribution in [0.25, 0.3) is 0 Å². The fraction of sp³-hybridized carbons (Fsp3) is 0.500. The Bertz CT molecular complexity index is 532. The minimum absolute atomic E-state index is 0.344.